The first-order valence-corrected chi connectivity index (χ1v) is 8.32. The van der Waals surface area contributed by atoms with Crippen LogP contribution in [-0.4, -0.2) is 25.1 Å². The van der Waals surface area contributed by atoms with E-state index in [0.717, 1.165) is 11.1 Å². The van der Waals surface area contributed by atoms with Crippen LogP contribution in [-0.2, 0) is 6.54 Å². The second kappa shape index (κ2) is 8.31. The molecule has 1 heterocycles. The minimum Gasteiger partial charge on any atom is -0.497 e. The van der Waals surface area contributed by atoms with Gasteiger partial charge in [0.15, 0.2) is 0 Å². The van der Waals surface area contributed by atoms with E-state index in [1.165, 1.54) is 18.3 Å². The predicted molar refractivity (Wildman–Crippen MR) is 100 cm³/mol. The van der Waals surface area contributed by atoms with Crippen LogP contribution in [0.15, 0.2) is 60.8 Å². The molecule has 27 heavy (non-hydrogen) atoms. The van der Waals surface area contributed by atoms with Crippen molar-refractivity contribution in [3.05, 3.63) is 77.7 Å². The molecule has 1 aromatic heterocycles. The molecule has 138 valence electrons. The molecule has 1 N–H and O–H groups in total. The number of hydrogen-bond donors (Lipinski definition) is 1. The summed E-state index contributed by atoms with van der Waals surface area (Å²) in [6, 6.07) is 14.9. The lowest BCUT2D eigenvalue weighted by atomic mass is 10.1. The van der Waals surface area contributed by atoms with Crippen LogP contribution in [0.1, 0.15) is 15.9 Å². The van der Waals surface area contributed by atoms with Crippen molar-refractivity contribution in [1.29, 1.82) is 0 Å². The average molecular weight is 366 g/mol. The molecule has 3 rings (SSSR count). The molecule has 0 aliphatic heterocycles. The summed E-state index contributed by atoms with van der Waals surface area (Å²) >= 11 is 0. The Morgan fingerprint density at radius 1 is 1.04 bits per heavy atom. The summed E-state index contributed by atoms with van der Waals surface area (Å²) in [6.45, 7) is 0.311. The largest absolute Gasteiger partial charge is 0.497 e. The number of nitrogens with one attached hydrogen (secondary N) is 1. The van der Waals surface area contributed by atoms with E-state index >= 15 is 0 Å². The Hall–Kier alpha value is -3.41. The smallest absolute Gasteiger partial charge is 0.253 e. The SMILES string of the molecule is COc1ccc(CNC(=O)c2ccc(-c3ccc(F)cc3)nc2)c(OC)c1. The molecule has 5 nitrogen and oxygen atoms in total. The molecular formula is C21H19FN2O3. The maximum Gasteiger partial charge on any atom is 0.253 e. The molecule has 0 saturated heterocycles. The number of carbonyl (C=O) groups is 1. The molecule has 0 radical (unpaired) electrons. The monoisotopic (exact) mass is 366 g/mol. The fourth-order valence-electron chi connectivity index (χ4n) is 2.60. The highest BCUT2D eigenvalue weighted by Crippen LogP contribution is 2.24. The molecule has 0 bridgehead atoms. The van der Waals surface area contributed by atoms with Gasteiger partial charge in [-0.1, -0.05) is 0 Å². The molecule has 0 saturated carbocycles. The number of hydrogen-bond acceptors (Lipinski definition) is 4. The molecule has 1 amide bonds. The molecule has 0 spiro atoms. The van der Waals surface area contributed by atoms with E-state index in [-0.39, 0.29) is 11.7 Å². The zero-order chi connectivity index (χ0) is 19.2. The lowest BCUT2D eigenvalue weighted by Crippen LogP contribution is -2.23. The summed E-state index contributed by atoms with van der Waals surface area (Å²) in [4.78, 5) is 16.7. The first kappa shape index (κ1) is 18.4. The summed E-state index contributed by atoms with van der Waals surface area (Å²) in [5, 5.41) is 2.84. The summed E-state index contributed by atoms with van der Waals surface area (Å²) in [7, 11) is 3.15. The van der Waals surface area contributed by atoms with E-state index in [1.807, 2.05) is 12.1 Å². The number of benzene rings is 2. The van der Waals surface area contributed by atoms with Crippen LogP contribution in [0.3, 0.4) is 0 Å². The van der Waals surface area contributed by atoms with Crippen molar-refractivity contribution in [2.24, 2.45) is 0 Å². The van der Waals surface area contributed by atoms with Crippen molar-refractivity contribution >= 4 is 5.91 Å². The number of ether oxygens (including phenoxy) is 2. The van der Waals surface area contributed by atoms with Crippen molar-refractivity contribution in [2.75, 3.05) is 14.2 Å². The second-order valence-corrected chi connectivity index (χ2v) is 5.80. The van der Waals surface area contributed by atoms with Gasteiger partial charge in [-0.3, -0.25) is 9.78 Å². The lowest BCUT2D eigenvalue weighted by molar-refractivity contribution is 0.0950. The number of halogens is 1. The summed E-state index contributed by atoms with van der Waals surface area (Å²) < 4.78 is 23.5. The maximum atomic E-state index is 13.0. The first-order chi connectivity index (χ1) is 13.1. The number of amides is 1. The molecule has 6 heteroatoms. The number of methoxy groups -OCH3 is 2. The third-order valence-electron chi connectivity index (χ3n) is 4.10. The average Bonchev–Trinajstić information content (AvgIpc) is 2.72. The minimum atomic E-state index is -0.302. The molecule has 2 aromatic carbocycles. The zero-order valence-corrected chi connectivity index (χ0v) is 15.0. The Labute approximate surface area is 156 Å². The third-order valence-corrected chi connectivity index (χ3v) is 4.10. The Balaban J connectivity index is 1.67. The van der Waals surface area contributed by atoms with E-state index in [0.29, 0.717) is 29.3 Å². The Kier molecular flexibility index (Phi) is 5.66. The number of rotatable bonds is 6. The fourth-order valence-corrected chi connectivity index (χ4v) is 2.60. The number of pyridine rings is 1. The highest BCUT2D eigenvalue weighted by Gasteiger charge is 2.10. The van der Waals surface area contributed by atoms with E-state index in [9.17, 15) is 9.18 Å². The van der Waals surface area contributed by atoms with Gasteiger partial charge >= 0.3 is 0 Å². The standard InChI is InChI=1S/C21H19FN2O3/c1-26-18-9-5-15(20(11-18)27-2)12-24-21(25)16-6-10-19(23-13-16)14-3-7-17(22)8-4-14/h3-11,13H,12H2,1-2H3,(H,24,25). The van der Waals surface area contributed by atoms with Crippen LogP contribution < -0.4 is 14.8 Å². The van der Waals surface area contributed by atoms with Crippen LogP contribution in [0.5, 0.6) is 11.5 Å². The van der Waals surface area contributed by atoms with Gasteiger partial charge in [-0.2, -0.15) is 0 Å². The number of aromatic nitrogens is 1. The van der Waals surface area contributed by atoms with Gasteiger partial charge in [0.25, 0.3) is 5.91 Å². The van der Waals surface area contributed by atoms with Crippen molar-refractivity contribution in [3.8, 4) is 22.8 Å². The van der Waals surface area contributed by atoms with E-state index in [1.54, 1.807) is 44.6 Å². The minimum absolute atomic E-state index is 0.244. The van der Waals surface area contributed by atoms with Crippen LogP contribution >= 0.6 is 0 Å². The van der Waals surface area contributed by atoms with Crippen molar-refractivity contribution in [2.45, 2.75) is 6.54 Å². The van der Waals surface area contributed by atoms with Crippen LogP contribution in [0, 0.1) is 5.82 Å². The Bertz CT molecular complexity index is 925. The molecule has 0 fully saturated rings. The first-order valence-electron chi connectivity index (χ1n) is 8.32. The predicted octanol–water partition coefficient (Wildman–Crippen LogP) is 3.83. The summed E-state index contributed by atoms with van der Waals surface area (Å²) in [5.74, 6) is 0.775. The van der Waals surface area contributed by atoms with Gasteiger partial charge < -0.3 is 14.8 Å². The van der Waals surface area contributed by atoms with Crippen LogP contribution in [0.2, 0.25) is 0 Å². The summed E-state index contributed by atoms with van der Waals surface area (Å²) in [5.41, 5.74) is 2.73. The maximum absolute atomic E-state index is 13.0. The molecule has 0 aliphatic rings. The van der Waals surface area contributed by atoms with Crippen molar-refractivity contribution in [3.63, 3.8) is 0 Å². The van der Waals surface area contributed by atoms with Crippen molar-refractivity contribution < 1.29 is 18.7 Å². The van der Waals surface area contributed by atoms with Gasteiger partial charge in [-0.15, -0.1) is 0 Å². The quantitative estimate of drug-likeness (QED) is 0.720. The molecule has 0 unspecified atom stereocenters. The lowest BCUT2D eigenvalue weighted by Gasteiger charge is -2.11. The third kappa shape index (κ3) is 4.41. The van der Waals surface area contributed by atoms with Gasteiger partial charge in [-0.25, -0.2) is 4.39 Å². The Morgan fingerprint density at radius 3 is 2.44 bits per heavy atom. The van der Waals surface area contributed by atoms with Crippen molar-refractivity contribution in [1.82, 2.24) is 10.3 Å². The molecule has 3 aromatic rings. The van der Waals surface area contributed by atoms with Gasteiger partial charge in [0.2, 0.25) is 0 Å². The second-order valence-electron chi connectivity index (χ2n) is 5.80. The van der Waals surface area contributed by atoms with Gasteiger partial charge in [0.1, 0.15) is 17.3 Å². The van der Waals surface area contributed by atoms with E-state index in [2.05, 4.69) is 10.3 Å². The van der Waals surface area contributed by atoms with E-state index < -0.39 is 0 Å². The van der Waals surface area contributed by atoms with Gasteiger partial charge in [0, 0.05) is 29.9 Å². The summed E-state index contributed by atoms with van der Waals surface area (Å²) in [6.07, 6.45) is 1.50. The Morgan fingerprint density at radius 2 is 1.81 bits per heavy atom. The fraction of sp³-hybridized carbons (Fsp3) is 0.143. The molecule has 0 atom stereocenters. The number of nitrogens with zero attached hydrogens (tertiary/aromatic N) is 1. The van der Waals surface area contributed by atoms with Crippen LogP contribution in [0.4, 0.5) is 4.39 Å². The molecular weight excluding hydrogens is 347 g/mol. The van der Waals surface area contributed by atoms with Gasteiger partial charge in [-0.05, 0) is 48.5 Å². The van der Waals surface area contributed by atoms with Crippen LogP contribution in [0.25, 0.3) is 11.3 Å². The highest BCUT2D eigenvalue weighted by atomic mass is 19.1. The zero-order valence-electron chi connectivity index (χ0n) is 15.0. The number of carbonyl (C=O) groups excluding carboxylic acids is 1. The highest BCUT2D eigenvalue weighted by molar-refractivity contribution is 5.94. The topological polar surface area (TPSA) is 60.5 Å². The van der Waals surface area contributed by atoms with E-state index in [4.69, 9.17) is 9.47 Å². The normalized spacial score (nSPS) is 10.3. The molecule has 0 aliphatic carbocycles. The van der Waals surface area contributed by atoms with Gasteiger partial charge in [0.05, 0.1) is 25.5 Å².